The van der Waals surface area contributed by atoms with Crippen molar-refractivity contribution in [3.05, 3.63) is 65.4 Å². The van der Waals surface area contributed by atoms with Gasteiger partial charge in [-0.15, -0.1) is 4.73 Å². The Labute approximate surface area is 158 Å². The maximum absolute atomic E-state index is 12.5. The molecule has 26 heavy (non-hydrogen) atoms. The number of aromatic nitrogens is 2. The molecule has 1 aromatic carbocycles. The number of aromatic hydroxyl groups is 2. The van der Waals surface area contributed by atoms with E-state index in [9.17, 15) is 15.0 Å². The predicted molar refractivity (Wildman–Crippen MR) is 101 cm³/mol. The monoisotopic (exact) mass is 388 g/mol. The minimum absolute atomic E-state index is 0.360. The molecule has 0 aliphatic heterocycles. The maximum Gasteiger partial charge on any atom is 0.364 e. The van der Waals surface area contributed by atoms with E-state index in [0.29, 0.717) is 10.3 Å². The smallest absolute Gasteiger partial charge is 0.364 e. The molecular formula is C18H16N2O4S2. The zero-order chi connectivity index (χ0) is 18.7. The van der Waals surface area contributed by atoms with Crippen LogP contribution in [0.25, 0.3) is 0 Å². The Hall–Kier alpha value is -2.58. The largest absolute Gasteiger partial charge is 0.492 e. The van der Waals surface area contributed by atoms with Crippen LogP contribution in [0.2, 0.25) is 0 Å². The van der Waals surface area contributed by atoms with E-state index in [2.05, 4.69) is 4.98 Å². The van der Waals surface area contributed by atoms with Crippen LogP contribution in [-0.4, -0.2) is 25.9 Å². The molecule has 2 heterocycles. The molecule has 3 rings (SSSR count). The van der Waals surface area contributed by atoms with Gasteiger partial charge in [-0.1, -0.05) is 16.9 Å². The highest BCUT2D eigenvalue weighted by Crippen LogP contribution is 2.39. The summed E-state index contributed by atoms with van der Waals surface area (Å²) in [5.74, 6) is -1.39. The Balaban J connectivity index is 1.83. The van der Waals surface area contributed by atoms with Crippen LogP contribution in [0.3, 0.4) is 0 Å². The van der Waals surface area contributed by atoms with Gasteiger partial charge in [-0.2, -0.15) is 0 Å². The van der Waals surface area contributed by atoms with Gasteiger partial charge in [0.1, 0.15) is 5.03 Å². The lowest BCUT2D eigenvalue weighted by molar-refractivity contribution is 0.0380. The summed E-state index contributed by atoms with van der Waals surface area (Å²) < 4.78 is 0.680. The summed E-state index contributed by atoms with van der Waals surface area (Å²) in [6, 6.07) is 11.8. The van der Waals surface area contributed by atoms with Gasteiger partial charge in [0.15, 0.2) is 0 Å². The summed E-state index contributed by atoms with van der Waals surface area (Å²) in [7, 11) is 3.00. The number of aryl methyl sites for hydroxylation is 1. The first-order chi connectivity index (χ1) is 12.5. The highest BCUT2D eigenvalue weighted by molar-refractivity contribution is 8.76. The molecule has 0 saturated carbocycles. The normalized spacial score (nSPS) is 10.7. The Bertz CT molecular complexity index is 922. The first-order valence-electron chi connectivity index (χ1n) is 7.65. The van der Waals surface area contributed by atoms with Crippen LogP contribution >= 0.6 is 21.6 Å². The summed E-state index contributed by atoms with van der Waals surface area (Å²) in [4.78, 5) is 22.8. The van der Waals surface area contributed by atoms with Crippen LogP contribution in [0.1, 0.15) is 21.5 Å². The first kappa shape index (κ1) is 18.2. The lowest BCUT2D eigenvalue weighted by Crippen LogP contribution is -2.20. The topological polar surface area (TPSA) is 84.6 Å². The number of hydrogen-bond acceptors (Lipinski definition) is 7. The van der Waals surface area contributed by atoms with Crippen molar-refractivity contribution in [3.8, 4) is 11.8 Å². The van der Waals surface area contributed by atoms with E-state index >= 15 is 0 Å². The van der Waals surface area contributed by atoms with Gasteiger partial charge in [-0.25, -0.2) is 9.78 Å². The third-order valence-electron chi connectivity index (χ3n) is 3.55. The second-order valence-electron chi connectivity index (χ2n) is 5.49. The molecule has 0 amide bonds. The van der Waals surface area contributed by atoms with E-state index in [-0.39, 0.29) is 11.8 Å². The summed E-state index contributed by atoms with van der Waals surface area (Å²) in [5, 5.41) is 20.1. The molecule has 3 aromatic rings. The number of nitrogens with zero attached hydrogens (tertiary/aromatic N) is 2. The number of carbonyl (C=O) groups is 1. The minimum Gasteiger partial charge on any atom is -0.492 e. The summed E-state index contributed by atoms with van der Waals surface area (Å²) in [6.07, 6.45) is 1.73. The van der Waals surface area contributed by atoms with Gasteiger partial charge in [-0.05, 0) is 60.0 Å². The molecular weight excluding hydrogens is 372 g/mol. The van der Waals surface area contributed by atoms with Gasteiger partial charge < -0.3 is 15.1 Å². The molecule has 0 bridgehead atoms. The van der Waals surface area contributed by atoms with Crippen molar-refractivity contribution in [3.63, 3.8) is 0 Å². The van der Waals surface area contributed by atoms with E-state index in [1.165, 1.54) is 33.7 Å². The fourth-order valence-electron chi connectivity index (χ4n) is 2.24. The van der Waals surface area contributed by atoms with Crippen molar-refractivity contribution in [1.29, 1.82) is 0 Å². The van der Waals surface area contributed by atoms with Gasteiger partial charge in [0.2, 0.25) is 11.8 Å². The van der Waals surface area contributed by atoms with Crippen LogP contribution in [-0.2, 0) is 0 Å². The van der Waals surface area contributed by atoms with Gasteiger partial charge >= 0.3 is 5.97 Å². The average molecular weight is 388 g/mol. The van der Waals surface area contributed by atoms with Crippen molar-refractivity contribution < 1.29 is 19.8 Å². The van der Waals surface area contributed by atoms with Gasteiger partial charge in [0.05, 0.1) is 5.56 Å². The van der Waals surface area contributed by atoms with E-state index < -0.39 is 5.97 Å². The van der Waals surface area contributed by atoms with Crippen LogP contribution in [0.15, 0.2) is 58.6 Å². The zero-order valence-electron chi connectivity index (χ0n) is 14.0. The van der Waals surface area contributed by atoms with Gasteiger partial charge in [0.25, 0.3) is 0 Å². The molecule has 0 fully saturated rings. The molecule has 0 aliphatic rings. The van der Waals surface area contributed by atoms with Crippen molar-refractivity contribution in [1.82, 2.24) is 9.71 Å². The molecule has 2 N–H and O–H groups in total. The van der Waals surface area contributed by atoms with Gasteiger partial charge in [-0.3, -0.25) is 0 Å². The first-order valence-corrected chi connectivity index (χ1v) is 9.80. The summed E-state index contributed by atoms with van der Waals surface area (Å²) in [5.41, 5.74) is 2.01. The molecule has 8 heteroatoms. The molecule has 2 aromatic heterocycles. The number of rotatable bonds is 5. The van der Waals surface area contributed by atoms with Crippen molar-refractivity contribution in [2.24, 2.45) is 0 Å². The summed E-state index contributed by atoms with van der Waals surface area (Å²) in [6.45, 7) is 3.71. The number of pyridine rings is 1. The predicted octanol–water partition coefficient (Wildman–Crippen LogP) is 3.98. The van der Waals surface area contributed by atoms with Crippen molar-refractivity contribution in [2.75, 3.05) is 0 Å². The lowest BCUT2D eigenvalue weighted by Gasteiger charge is -2.12. The Morgan fingerprint density at radius 3 is 2.46 bits per heavy atom. The van der Waals surface area contributed by atoms with Crippen LogP contribution < -0.4 is 4.84 Å². The third-order valence-corrected chi connectivity index (χ3v) is 5.95. The molecule has 0 unspecified atom stereocenters. The molecule has 0 saturated heterocycles. The molecule has 0 aliphatic carbocycles. The van der Waals surface area contributed by atoms with Crippen LogP contribution in [0.4, 0.5) is 0 Å². The fourth-order valence-corrected chi connectivity index (χ4v) is 4.46. The third kappa shape index (κ3) is 3.97. The van der Waals surface area contributed by atoms with E-state index in [4.69, 9.17) is 4.84 Å². The Morgan fingerprint density at radius 2 is 1.81 bits per heavy atom. The van der Waals surface area contributed by atoms with Crippen LogP contribution in [0, 0.1) is 13.8 Å². The van der Waals surface area contributed by atoms with Crippen molar-refractivity contribution in [2.45, 2.75) is 23.8 Å². The Kier molecular flexibility index (Phi) is 5.43. The number of carbonyl (C=O) groups excluding carboxylic acids is 1. The molecule has 0 radical (unpaired) electrons. The van der Waals surface area contributed by atoms with E-state index in [0.717, 1.165) is 21.0 Å². The van der Waals surface area contributed by atoms with Gasteiger partial charge in [0, 0.05) is 23.2 Å². The fraction of sp³-hybridized carbons (Fsp3) is 0.111. The SMILES string of the molecule is Cc1cc(SSc2ccccn2)c(C)c(C(=O)On2c(O)ccc2O)c1. The molecule has 0 atom stereocenters. The van der Waals surface area contributed by atoms with Crippen LogP contribution in [0.5, 0.6) is 11.8 Å². The zero-order valence-corrected chi connectivity index (χ0v) is 15.7. The minimum atomic E-state index is -0.669. The quantitative estimate of drug-likeness (QED) is 0.640. The van der Waals surface area contributed by atoms with E-state index in [1.807, 2.05) is 38.1 Å². The van der Waals surface area contributed by atoms with Crippen molar-refractivity contribution >= 4 is 27.6 Å². The highest BCUT2D eigenvalue weighted by Gasteiger charge is 2.19. The number of hydrogen-bond donors (Lipinski definition) is 2. The second kappa shape index (κ2) is 7.76. The summed E-state index contributed by atoms with van der Waals surface area (Å²) >= 11 is 0. The highest BCUT2D eigenvalue weighted by atomic mass is 33.1. The molecule has 134 valence electrons. The lowest BCUT2D eigenvalue weighted by atomic mass is 10.1. The van der Waals surface area contributed by atoms with E-state index in [1.54, 1.807) is 12.3 Å². The number of benzene rings is 1. The Morgan fingerprint density at radius 1 is 1.08 bits per heavy atom. The molecule has 6 nitrogen and oxygen atoms in total. The maximum atomic E-state index is 12.5. The standard InChI is InChI=1S/C18H16N2O4S2/c1-11-9-13(18(23)24-20-16(21)6-7-17(20)22)12(2)14(10-11)25-26-15-5-3-4-8-19-15/h3-10,21-22H,1-2H3. The average Bonchev–Trinajstić information content (AvgIpc) is 2.95. The second-order valence-corrected chi connectivity index (χ2v) is 7.68. The molecule has 0 spiro atoms.